The maximum Gasteiger partial charge on any atom is 0.125 e. The average Bonchev–Trinajstić information content (AvgIpc) is 2.63. The second-order valence-electron chi connectivity index (χ2n) is 3.91. The van der Waals surface area contributed by atoms with Crippen molar-refractivity contribution in [1.82, 2.24) is 5.32 Å². The molecule has 0 amide bonds. The van der Waals surface area contributed by atoms with E-state index in [1.807, 2.05) is 0 Å². The Morgan fingerprint density at radius 1 is 1.29 bits per heavy atom. The van der Waals surface area contributed by atoms with Crippen molar-refractivity contribution in [2.45, 2.75) is 20.0 Å². The molecule has 0 atom stereocenters. The molecule has 2 aromatic rings. The normalized spacial score (nSPS) is 10.8. The molecule has 0 spiro atoms. The zero-order chi connectivity index (χ0) is 12.3. The van der Waals surface area contributed by atoms with Crippen LogP contribution in [0.4, 0.5) is 4.39 Å². The summed E-state index contributed by atoms with van der Waals surface area (Å²) in [5, 5.41) is 5.80. The molecule has 2 rings (SSSR count). The second-order valence-corrected chi connectivity index (χ2v) is 5.35. The molecule has 1 N–H and O–H groups in total. The number of benzene rings is 1. The molecule has 0 unspecified atom stereocenters. The van der Waals surface area contributed by atoms with Crippen molar-refractivity contribution in [2.75, 3.05) is 0 Å². The van der Waals surface area contributed by atoms with Crippen LogP contribution in [0.3, 0.4) is 0 Å². The van der Waals surface area contributed by atoms with Crippen LogP contribution in [0.2, 0.25) is 5.02 Å². The lowest BCUT2D eigenvalue weighted by molar-refractivity contribution is 0.620. The maximum atomic E-state index is 13.1. The van der Waals surface area contributed by atoms with Gasteiger partial charge in [0.15, 0.2) is 0 Å². The Morgan fingerprint density at radius 2 is 2.12 bits per heavy atom. The molecule has 0 aliphatic rings. The minimum atomic E-state index is -0.290. The Morgan fingerprint density at radius 3 is 2.76 bits per heavy atom. The third kappa shape index (κ3) is 3.53. The molecule has 0 radical (unpaired) electrons. The van der Waals surface area contributed by atoms with E-state index in [-0.39, 0.29) is 5.82 Å². The van der Waals surface area contributed by atoms with Crippen LogP contribution in [0.25, 0.3) is 0 Å². The minimum absolute atomic E-state index is 0.290. The SMILES string of the molecule is Cc1ccsc1CNCc1cc(F)cc(Cl)c1. The van der Waals surface area contributed by atoms with Gasteiger partial charge in [0.1, 0.15) is 5.82 Å². The molecule has 1 heterocycles. The van der Waals surface area contributed by atoms with E-state index >= 15 is 0 Å². The van der Waals surface area contributed by atoms with E-state index in [1.54, 1.807) is 17.4 Å². The summed E-state index contributed by atoms with van der Waals surface area (Å²) in [7, 11) is 0. The summed E-state index contributed by atoms with van der Waals surface area (Å²) in [4.78, 5) is 1.31. The first kappa shape index (κ1) is 12.6. The first-order valence-electron chi connectivity index (χ1n) is 5.34. The predicted molar refractivity (Wildman–Crippen MR) is 71.0 cm³/mol. The summed E-state index contributed by atoms with van der Waals surface area (Å²) in [5.41, 5.74) is 2.16. The Labute approximate surface area is 109 Å². The summed E-state index contributed by atoms with van der Waals surface area (Å²) in [6.07, 6.45) is 0. The summed E-state index contributed by atoms with van der Waals surface area (Å²) < 4.78 is 13.1. The Balaban J connectivity index is 1.92. The zero-order valence-corrected chi connectivity index (χ0v) is 11.0. The molecule has 1 aromatic heterocycles. The van der Waals surface area contributed by atoms with Gasteiger partial charge in [-0.25, -0.2) is 4.39 Å². The monoisotopic (exact) mass is 269 g/mol. The topological polar surface area (TPSA) is 12.0 Å². The van der Waals surface area contributed by atoms with Gasteiger partial charge >= 0.3 is 0 Å². The highest BCUT2D eigenvalue weighted by atomic mass is 35.5. The van der Waals surface area contributed by atoms with Gasteiger partial charge in [-0.1, -0.05) is 11.6 Å². The Hall–Kier alpha value is -0.900. The molecule has 1 nitrogen and oxygen atoms in total. The lowest BCUT2D eigenvalue weighted by atomic mass is 10.2. The van der Waals surface area contributed by atoms with Gasteiger partial charge in [-0.3, -0.25) is 0 Å². The highest BCUT2D eigenvalue weighted by Gasteiger charge is 2.01. The van der Waals surface area contributed by atoms with E-state index in [1.165, 1.54) is 22.6 Å². The van der Waals surface area contributed by atoms with E-state index in [0.29, 0.717) is 11.6 Å². The van der Waals surface area contributed by atoms with Gasteiger partial charge in [-0.15, -0.1) is 11.3 Å². The molecule has 4 heteroatoms. The molecule has 0 saturated heterocycles. The third-order valence-electron chi connectivity index (χ3n) is 2.51. The van der Waals surface area contributed by atoms with Crippen LogP contribution in [0, 0.1) is 12.7 Å². The number of aryl methyl sites for hydroxylation is 1. The van der Waals surface area contributed by atoms with E-state index in [9.17, 15) is 4.39 Å². The number of halogens is 2. The molecular weight excluding hydrogens is 257 g/mol. The summed E-state index contributed by atoms with van der Waals surface area (Å²) in [5.74, 6) is -0.290. The summed E-state index contributed by atoms with van der Waals surface area (Å²) in [6.45, 7) is 3.51. The number of rotatable bonds is 4. The van der Waals surface area contributed by atoms with Crippen LogP contribution in [-0.4, -0.2) is 0 Å². The van der Waals surface area contributed by atoms with Crippen molar-refractivity contribution in [1.29, 1.82) is 0 Å². The van der Waals surface area contributed by atoms with Crippen molar-refractivity contribution < 1.29 is 4.39 Å². The number of thiophene rings is 1. The Bertz CT molecular complexity index is 490. The van der Waals surface area contributed by atoms with Crippen molar-refractivity contribution in [3.63, 3.8) is 0 Å². The van der Waals surface area contributed by atoms with Crippen LogP contribution in [0.15, 0.2) is 29.6 Å². The molecule has 0 aliphatic carbocycles. The number of hydrogen-bond acceptors (Lipinski definition) is 2. The lowest BCUT2D eigenvalue weighted by Gasteiger charge is -2.05. The minimum Gasteiger partial charge on any atom is -0.308 e. The van der Waals surface area contributed by atoms with Crippen molar-refractivity contribution in [3.05, 3.63) is 56.5 Å². The van der Waals surface area contributed by atoms with Gasteiger partial charge in [0.05, 0.1) is 0 Å². The standard InChI is InChI=1S/C13H13ClFNS/c1-9-2-3-17-13(9)8-16-7-10-4-11(14)6-12(15)5-10/h2-6,16H,7-8H2,1H3. The summed E-state index contributed by atoms with van der Waals surface area (Å²) in [6, 6.07) is 6.69. The second kappa shape index (κ2) is 5.63. The first-order chi connectivity index (χ1) is 8.15. The molecule has 90 valence electrons. The smallest absolute Gasteiger partial charge is 0.125 e. The van der Waals surface area contributed by atoms with Gasteiger partial charge in [0, 0.05) is 23.0 Å². The quantitative estimate of drug-likeness (QED) is 0.880. The van der Waals surface area contributed by atoms with Crippen LogP contribution < -0.4 is 5.32 Å². The van der Waals surface area contributed by atoms with Gasteiger partial charge < -0.3 is 5.32 Å². The Kier molecular flexibility index (Phi) is 4.15. The van der Waals surface area contributed by atoms with Gasteiger partial charge in [-0.05, 0) is 47.7 Å². The van der Waals surface area contributed by atoms with E-state index < -0.39 is 0 Å². The van der Waals surface area contributed by atoms with Crippen LogP contribution in [0.1, 0.15) is 16.0 Å². The molecular formula is C13H13ClFNS. The van der Waals surface area contributed by atoms with Crippen LogP contribution in [0.5, 0.6) is 0 Å². The van der Waals surface area contributed by atoms with Crippen LogP contribution >= 0.6 is 22.9 Å². The molecule has 0 fully saturated rings. The fourth-order valence-corrected chi connectivity index (χ4v) is 2.74. The average molecular weight is 270 g/mol. The van der Waals surface area contributed by atoms with Gasteiger partial charge in [0.25, 0.3) is 0 Å². The highest BCUT2D eigenvalue weighted by Crippen LogP contribution is 2.16. The van der Waals surface area contributed by atoms with Crippen molar-refractivity contribution >= 4 is 22.9 Å². The van der Waals surface area contributed by atoms with E-state index in [2.05, 4.69) is 23.7 Å². The van der Waals surface area contributed by atoms with E-state index in [4.69, 9.17) is 11.6 Å². The predicted octanol–water partition coefficient (Wildman–Crippen LogP) is 4.14. The molecule has 17 heavy (non-hydrogen) atoms. The van der Waals surface area contributed by atoms with Crippen molar-refractivity contribution in [2.24, 2.45) is 0 Å². The number of nitrogens with one attached hydrogen (secondary N) is 1. The number of hydrogen-bond donors (Lipinski definition) is 1. The van der Waals surface area contributed by atoms with Crippen LogP contribution in [-0.2, 0) is 13.1 Å². The fourth-order valence-electron chi connectivity index (χ4n) is 1.62. The first-order valence-corrected chi connectivity index (χ1v) is 6.59. The third-order valence-corrected chi connectivity index (χ3v) is 3.75. The molecule has 0 aliphatic heterocycles. The lowest BCUT2D eigenvalue weighted by Crippen LogP contribution is -2.12. The zero-order valence-electron chi connectivity index (χ0n) is 9.47. The summed E-state index contributed by atoms with van der Waals surface area (Å²) >= 11 is 7.52. The van der Waals surface area contributed by atoms with Gasteiger partial charge in [-0.2, -0.15) is 0 Å². The maximum absolute atomic E-state index is 13.1. The largest absolute Gasteiger partial charge is 0.308 e. The van der Waals surface area contributed by atoms with Crippen molar-refractivity contribution in [3.8, 4) is 0 Å². The van der Waals surface area contributed by atoms with E-state index in [0.717, 1.165) is 12.1 Å². The molecule has 0 bridgehead atoms. The molecule has 1 aromatic carbocycles. The fraction of sp³-hybridized carbons (Fsp3) is 0.231. The van der Waals surface area contributed by atoms with Gasteiger partial charge in [0.2, 0.25) is 0 Å². The molecule has 0 saturated carbocycles. The highest BCUT2D eigenvalue weighted by molar-refractivity contribution is 7.10.